The van der Waals surface area contributed by atoms with E-state index in [1.165, 1.54) is 15.6 Å². The number of carbonyl (C=O) groups excluding carboxylic acids is 1. The summed E-state index contributed by atoms with van der Waals surface area (Å²) in [5, 5.41) is 14.5. The van der Waals surface area contributed by atoms with Crippen LogP contribution in [0.2, 0.25) is 0 Å². The third kappa shape index (κ3) is 2.12. The van der Waals surface area contributed by atoms with Gasteiger partial charge in [0.2, 0.25) is 0 Å². The van der Waals surface area contributed by atoms with Crippen LogP contribution < -0.4 is 0 Å². The lowest BCUT2D eigenvalue weighted by atomic mass is 10.4. The number of carbonyl (C=O) groups is 1. The Morgan fingerprint density at radius 3 is 2.60 bits per heavy atom. The van der Waals surface area contributed by atoms with E-state index in [1.807, 2.05) is 0 Å². The first-order valence-corrected chi connectivity index (χ1v) is 4.41. The highest BCUT2D eigenvalue weighted by Crippen LogP contribution is 2.14. The maximum atomic E-state index is 11.5. The monoisotopic (exact) mass is 212 g/mol. The van der Waals surface area contributed by atoms with Crippen LogP contribution in [0.4, 0.5) is 5.82 Å². The Morgan fingerprint density at radius 2 is 2.27 bits per heavy atom. The Balaban J connectivity index is 3.13. The van der Waals surface area contributed by atoms with Crippen LogP contribution in [0, 0.1) is 10.1 Å². The first-order chi connectivity index (χ1) is 6.97. The number of aryl methyl sites for hydroxylation is 1. The molecule has 0 unspecified atom stereocenters. The Bertz CT molecular complexity index is 397. The molecule has 0 fully saturated rings. The quantitative estimate of drug-likeness (QED) is 0.540. The second kappa shape index (κ2) is 4.07. The number of amides is 1. The Hall–Kier alpha value is -1.92. The highest BCUT2D eigenvalue weighted by atomic mass is 16.6. The van der Waals surface area contributed by atoms with Crippen molar-refractivity contribution in [1.82, 2.24) is 14.7 Å². The molecule has 0 atom stereocenters. The molecule has 7 nitrogen and oxygen atoms in total. The van der Waals surface area contributed by atoms with Crippen molar-refractivity contribution in [3.05, 3.63) is 21.9 Å². The van der Waals surface area contributed by atoms with Crippen LogP contribution in [0.3, 0.4) is 0 Å². The summed E-state index contributed by atoms with van der Waals surface area (Å²) in [5.74, 6) is -0.506. The Kier molecular flexibility index (Phi) is 3.03. The van der Waals surface area contributed by atoms with E-state index in [0.717, 1.165) is 0 Å². The lowest BCUT2D eigenvalue weighted by Gasteiger charge is -2.05. The van der Waals surface area contributed by atoms with Gasteiger partial charge in [-0.3, -0.25) is 4.79 Å². The summed E-state index contributed by atoms with van der Waals surface area (Å²) in [6, 6.07) is 1.19. The molecule has 0 aromatic carbocycles. The fourth-order valence-electron chi connectivity index (χ4n) is 1.12. The number of hydrogen-bond acceptors (Lipinski definition) is 4. The predicted octanol–water partition coefficient (Wildman–Crippen LogP) is 0.513. The van der Waals surface area contributed by atoms with Crippen LogP contribution in [0.1, 0.15) is 17.4 Å². The fourth-order valence-corrected chi connectivity index (χ4v) is 1.12. The minimum absolute atomic E-state index is 0.0913. The molecule has 82 valence electrons. The molecule has 0 bridgehead atoms. The molecule has 0 spiro atoms. The standard InChI is InChI=1S/C8H12N4O3/c1-4-11-7(12(14)15)5-6(9-11)8(13)10(2)3/h5H,4H2,1-3H3. The number of nitro groups is 1. The van der Waals surface area contributed by atoms with Gasteiger partial charge in [-0.2, -0.15) is 0 Å². The van der Waals surface area contributed by atoms with Crippen molar-refractivity contribution >= 4 is 11.7 Å². The van der Waals surface area contributed by atoms with Gasteiger partial charge in [0.15, 0.2) is 5.69 Å². The molecule has 0 radical (unpaired) electrons. The minimum Gasteiger partial charge on any atom is -0.358 e. The molecule has 0 saturated carbocycles. The lowest BCUT2D eigenvalue weighted by Crippen LogP contribution is -2.22. The van der Waals surface area contributed by atoms with Gasteiger partial charge in [0.25, 0.3) is 5.91 Å². The summed E-state index contributed by atoms with van der Waals surface area (Å²) < 4.78 is 1.19. The van der Waals surface area contributed by atoms with Crippen LogP contribution >= 0.6 is 0 Å². The summed E-state index contributed by atoms with van der Waals surface area (Å²) in [7, 11) is 3.14. The highest BCUT2D eigenvalue weighted by molar-refractivity contribution is 5.92. The maximum absolute atomic E-state index is 11.5. The number of aromatic nitrogens is 2. The zero-order valence-corrected chi connectivity index (χ0v) is 8.80. The molecule has 0 saturated heterocycles. The van der Waals surface area contributed by atoms with Gasteiger partial charge in [-0.1, -0.05) is 5.10 Å². The zero-order valence-electron chi connectivity index (χ0n) is 8.80. The van der Waals surface area contributed by atoms with E-state index in [4.69, 9.17) is 0 Å². The first-order valence-electron chi connectivity index (χ1n) is 4.41. The fraction of sp³-hybridized carbons (Fsp3) is 0.500. The number of nitrogens with zero attached hydrogens (tertiary/aromatic N) is 4. The van der Waals surface area contributed by atoms with Crippen molar-refractivity contribution in [1.29, 1.82) is 0 Å². The van der Waals surface area contributed by atoms with Crippen molar-refractivity contribution in [3.8, 4) is 0 Å². The van der Waals surface area contributed by atoms with Crippen LogP contribution in [0.25, 0.3) is 0 Å². The Labute approximate surface area is 86.4 Å². The van der Waals surface area contributed by atoms with Gasteiger partial charge in [-0.15, -0.1) is 4.68 Å². The SMILES string of the molecule is CCn1nc(C(=O)N(C)C)cc1[N+](=O)[O-]. The van der Waals surface area contributed by atoms with Crippen LogP contribution in [0.15, 0.2) is 6.07 Å². The van der Waals surface area contributed by atoms with Gasteiger partial charge in [0.05, 0.1) is 6.07 Å². The van der Waals surface area contributed by atoms with Crippen LogP contribution in [-0.4, -0.2) is 39.6 Å². The van der Waals surface area contributed by atoms with Gasteiger partial charge in [-0.05, 0) is 11.8 Å². The van der Waals surface area contributed by atoms with E-state index >= 15 is 0 Å². The van der Waals surface area contributed by atoms with Crippen LogP contribution in [-0.2, 0) is 6.54 Å². The predicted molar refractivity (Wildman–Crippen MR) is 52.6 cm³/mol. The molecule has 1 rings (SSSR count). The van der Waals surface area contributed by atoms with E-state index in [-0.39, 0.29) is 17.4 Å². The molecular formula is C8H12N4O3. The first kappa shape index (κ1) is 11.2. The van der Waals surface area contributed by atoms with E-state index in [9.17, 15) is 14.9 Å². The summed E-state index contributed by atoms with van der Waals surface area (Å²) in [6.45, 7) is 2.08. The summed E-state index contributed by atoms with van der Waals surface area (Å²) in [5.41, 5.74) is 0.0913. The normalized spacial score (nSPS) is 10.1. The minimum atomic E-state index is -0.553. The summed E-state index contributed by atoms with van der Waals surface area (Å²) in [6.07, 6.45) is 0. The van der Waals surface area contributed by atoms with Crippen LogP contribution in [0.5, 0.6) is 0 Å². The molecule has 7 heteroatoms. The number of hydrogen-bond donors (Lipinski definition) is 0. The average Bonchev–Trinajstić information content (AvgIpc) is 2.59. The molecule has 15 heavy (non-hydrogen) atoms. The molecule has 1 amide bonds. The molecular weight excluding hydrogens is 200 g/mol. The summed E-state index contributed by atoms with van der Waals surface area (Å²) in [4.78, 5) is 22.9. The van der Waals surface area contributed by atoms with Crippen molar-refractivity contribution in [2.45, 2.75) is 13.5 Å². The van der Waals surface area contributed by atoms with Crippen molar-refractivity contribution in [3.63, 3.8) is 0 Å². The van der Waals surface area contributed by atoms with Crippen molar-refractivity contribution in [2.24, 2.45) is 0 Å². The second-order valence-corrected chi connectivity index (χ2v) is 3.16. The molecule has 0 aliphatic heterocycles. The molecule has 0 N–H and O–H groups in total. The smallest absolute Gasteiger partial charge is 0.345 e. The number of rotatable bonds is 3. The molecule has 1 aromatic heterocycles. The zero-order chi connectivity index (χ0) is 11.6. The largest absolute Gasteiger partial charge is 0.358 e. The second-order valence-electron chi connectivity index (χ2n) is 3.16. The van der Waals surface area contributed by atoms with Crippen molar-refractivity contribution < 1.29 is 9.72 Å². The van der Waals surface area contributed by atoms with E-state index in [0.29, 0.717) is 6.54 Å². The van der Waals surface area contributed by atoms with Gasteiger partial charge < -0.3 is 15.0 Å². The van der Waals surface area contributed by atoms with E-state index in [1.54, 1.807) is 21.0 Å². The van der Waals surface area contributed by atoms with Gasteiger partial charge >= 0.3 is 5.82 Å². The molecule has 1 heterocycles. The lowest BCUT2D eigenvalue weighted by molar-refractivity contribution is -0.392. The van der Waals surface area contributed by atoms with E-state index in [2.05, 4.69) is 5.10 Å². The van der Waals surface area contributed by atoms with Gasteiger partial charge in [-0.25, -0.2) is 0 Å². The third-order valence-corrected chi connectivity index (χ3v) is 1.87. The average molecular weight is 212 g/mol. The Morgan fingerprint density at radius 1 is 1.67 bits per heavy atom. The van der Waals surface area contributed by atoms with Gasteiger partial charge in [0.1, 0.15) is 6.54 Å². The van der Waals surface area contributed by atoms with Crippen molar-refractivity contribution in [2.75, 3.05) is 14.1 Å². The third-order valence-electron chi connectivity index (χ3n) is 1.87. The molecule has 0 aliphatic carbocycles. The van der Waals surface area contributed by atoms with Gasteiger partial charge in [0, 0.05) is 14.1 Å². The summed E-state index contributed by atoms with van der Waals surface area (Å²) >= 11 is 0. The maximum Gasteiger partial charge on any atom is 0.345 e. The molecule has 1 aromatic rings. The topological polar surface area (TPSA) is 81.3 Å². The molecule has 0 aliphatic rings. The van der Waals surface area contributed by atoms with E-state index < -0.39 is 4.92 Å². The highest BCUT2D eigenvalue weighted by Gasteiger charge is 2.22.